The maximum Gasteiger partial charge on any atom is 0.163 e. The highest BCUT2D eigenvalue weighted by atomic mass is 16.8. The SMILES string of the molecule is [O-][NH+](O)c1ccc(C2=Nc3ccccc3N=C(c3ccccc3O)C2)cc1. The van der Waals surface area contributed by atoms with Crippen molar-refractivity contribution < 1.29 is 15.5 Å². The van der Waals surface area contributed by atoms with Gasteiger partial charge in [-0.15, -0.1) is 0 Å². The Balaban J connectivity index is 1.82. The molecule has 0 saturated carbocycles. The van der Waals surface area contributed by atoms with E-state index in [-0.39, 0.29) is 11.4 Å². The molecule has 0 radical (unpaired) electrons. The van der Waals surface area contributed by atoms with Crippen molar-refractivity contribution in [2.24, 2.45) is 9.98 Å². The minimum Gasteiger partial charge on any atom is -0.595 e. The Morgan fingerprint density at radius 2 is 1.37 bits per heavy atom. The highest BCUT2D eigenvalue weighted by molar-refractivity contribution is 6.21. The van der Waals surface area contributed by atoms with Gasteiger partial charge in [-0.25, -0.2) is 5.21 Å². The first kappa shape index (κ1) is 17.1. The van der Waals surface area contributed by atoms with E-state index in [0.717, 1.165) is 22.6 Å². The van der Waals surface area contributed by atoms with Crippen molar-refractivity contribution in [3.63, 3.8) is 0 Å². The molecule has 3 aromatic rings. The van der Waals surface area contributed by atoms with E-state index in [2.05, 4.69) is 0 Å². The number of benzene rings is 3. The Morgan fingerprint density at radius 3 is 2.00 bits per heavy atom. The standard InChI is InChI=1S/C21H17N3O3/c25-21-8-4-1-5-16(21)20-13-19(14-9-11-15(12-10-14)24(26)27)22-17-6-2-3-7-18(17)23-20/h1-12,24-26H,13H2. The van der Waals surface area contributed by atoms with E-state index >= 15 is 0 Å². The number of nitrogens with one attached hydrogen (secondary N) is 1. The molecular weight excluding hydrogens is 342 g/mol. The van der Waals surface area contributed by atoms with Gasteiger partial charge >= 0.3 is 0 Å². The first-order valence-corrected chi connectivity index (χ1v) is 8.48. The van der Waals surface area contributed by atoms with Gasteiger partial charge in [-0.05, 0) is 42.0 Å². The van der Waals surface area contributed by atoms with Crippen molar-refractivity contribution in [1.82, 2.24) is 0 Å². The monoisotopic (exact) mass is 359 g/mol. The van der Waals surface area contributed by atoms with Crippen molar-refractivity contribution in [3.8, 4) is 5.75 Å². The smallest absolute Gasteiger partial charge is 0.163 e. The summed E-state index contributed by atoms with van der Waals surface area (Å²) in [6.45, 7) is 0. The molecule has 0 amide bonds. The van der Waals surface area contributed by atoms with Crippen LogP contribution in [0.25, 0.3) is 0 Å². The number of hydrogen-bond acceptors (Lipinski definition) is 5. The predicted molar refractivity (Wildman–Crippen MR) is 104 cm³/mol. The van der Waals surface area contributed by atoms with Crippen LogP contribution in [0.15, 0.2) is 82.8 Å². The summed E-state index contributed by atoms with van der Waals surface area (Å²) in [5.74, 6) is 0.163. The predicted octanol–water partition coefficient (Wildman–Crippen LogP) is 3.44. The molecule has 0 aromatic heterocycles. The van der Waals surface area contributed by atoms with Crippen LogP contribution in [0.3, 0.4) is 0 Å². The molecule has 0 aliphatic carbocycles. The van der Waals surface area contributed by atoms with E-state index in [1.807, 2.05) is 36.4 Å². The zero-order chi connectivity index (χ0) is 18.8. The van der Waals surface area contributed by atoms with Crippen molar-refractivity contribution in [2.75, 3.05) is 0 Å². The normalized spacial score (nSPS) is 14.6. The van der Waals surface area contributed by atoms with E-state index in [1.54, 1.807) is 36.4 Å². The maximum absolute atomic E-state index is 11.1. The van der Waals surface area contributed by atoms with Gasteiger partial charge in [0.1, 0.15) is 5.75 Å². The number of nitrogens with zero attached hydrogens (tertiary/aromatic N) is 2. The van der Waals surface area contributed by atoms with Crippen LogP contribution in [0.5, 0.6) is 5.75 Å². The molecule has 0 bridgehead atoms. The molecule has 1 heterocycles. The Labute approximate surface area is 155 Å². The van der Waals surface area contributed by atoms with Crippen LogP contribution in [0, 0.1) is 5.21 Å². The van der Waals surface area contributed by atoms with Crippen LogP contribution in [0.1, 0.15) is 17.5 Å². The lowest BCUT2D eigenvalue weighted by Crippen LogP contribution is -2.99. The summed E-state index contributed by atoms with van der Waals surface area (Å²) >= 11 is 0. The van der Waals surface area contributed by atoms with E-state index in [9.17, 15) is 10.3 Å². The van der Waals surface area contributed by atoms with Gasteiger partial charge in [-0.2, -0.15) is 5.23 Å². The van der Waals surface area contributed by atoms with Crippen LogP contribution in [0.2, 0.25) is 0 Å². The van der Waals surface area contributed by atoms with Gasteiger partial charge in [-0.3, -0.25) is 9.98 Å². The second kappa shape index (κ2) is 7.13. The van der Waals surface area contributed by atoms with Gasteiger partial charge in [0.25, 0.3) is 0 Å². The molecule has 1 atom stereocenters. The minimum atomic E-state index is -0.967. The summed E-state index contributed by atoms with van der Waals surface area (Å²) in [5.41, 5.74) is 4.64. The molecule has 3 N–H and O–H groups in total. The average Bonchev–Trinajstić information content (AvgIpc) is 2.88. The third-order valence-electron chi connectivity index (χ3n) is 4.41. The molecule has 1 aliphatic rings. The summed E-state index contributed by atoms with van der Waals surface area (Å²) in [6.07, 6.45) is 0.415. The Bertz CT molecular complexity index is 1040. The lowest BCUT2D eigenvalue weighted by atomic mass is 9.99. The summed E-state index contributed by atoms with van der Waals surface area (Å²) in [7, 11) is 0. The second-order valence-electron chi connectivity index (χ2n) is 6.18. The Morgan fingerprint density at radius 1 is 0.778 bits per heavy atom. The number of fused-ring (bicyclic) bond motifs is 1. The first-order chi connectivity index (χ1) is 13.1. The van der Waals surface area contributed by atoms with E-state index in [0.29, 0.717) is 17.7 Å². The van der Waals surface area contributed by atoms with Crippen molar-refractivity contribution in [3.05, 3.63) is 89.1 Å². The van der Waals surface area contributed by atoms with E-state index in [4.69, 9.17) is 15.2 Å². The molecule has 27 heavy (non-hydrogen) atoms. The third-order valence-corrected chi connectivity index (χ3v) is 4.41. The zero-order valence-electron chi connectivity index (χ0n) is 14.3. The minimum absolute atomic E-state index is 0.163. The number of quaternary nitrogens is 1. The summed E-state index contributed by atoms with van der Waals surface area (Å²) in [4.78, 5) is 9.50. The number of aromatic hydroxyl groups is 1. The fourth-order valence-corrected chi connectivity index (χ4v) is 3.03. The summed E-state index contributed by atoms with van der Waals surface area (Å²) < 4.78 is 0. The van der Waals surface area contributed by atoms with E-state index in [1.165, 1.54) is 0 Å². The molecule has 3 aromatic carbocycles. The Hall–Kier alpha value is -3.32. The summed E-state index contributed by atoms with van der Waals surface area (Å²) in [5, 5.41) is 29.5. The van der Waals surface area contributed by atoms with Crippen molar-refractivity contribution in [2.45, 2.75) is 6.42 Å². The van der Waals surface area contributed by atoms with Crippen molar-refractivity contribution >= 4 is 28.5 Å². The van der Waals surface area contributed by atoms with Crippen LogP contribution < -0.4 is 5.23 Å². The number of aliphatic imine (C=N–C) groups is 2. The maximum atomic E-state index is 11.1. The molecule has 0 saturated heterocycles. The van der Waals surface area contributed by atoms with Gasteiger partial charge in [0.2, 0.25) is 0 Å². The van der Waals surface area contributed by atoms with Gasteiger partial charge in [-0.1, -0.05) is 24.3 Å². The van der Waals surface area contributed by atoms with Crippen molar-refractivity contribution in [1.29, 1.82) is 0 Å². The molecule has 134 valence electrons. The van der Waals surface area contributed by atoms with Gasteiger partial charge in [0.05, 0.1) is 22.8 Å². The number of phenolic OH excluding ortho intramolecular Hbond substituents is 1. The number of phenols is 1. The molecular formula is C21H17N3O3. The van der Waals surface area contributed by atoms with Crippen LogP contribution in [0.4, 0.5) is 17.1 Å². The highest BCUT2D eigenvalue weighted by Gasteiger charge is 2.18. The average molecular weight is 359 g/mol. The van der Waals surface area contributed by atoms with Crippen LogP contribution in [-0.2, 0) is 0 Å². The summed E-state index contributed by atoms with van der Waals surface area (Å²) in [6, 6.07) is 21.3. The highest BCUT2D eigenvalue weighted by Crippen LogP contribution is 2.33. The van der Waals surface area contributed by atoms with E-state index < -0.39 is 5.23 Å². The van der Waals surface area contributed by atoms with Crippen LogP contribution in [-0.4, -0.2) is 21.7 Å². The molecule has 4 rings (SSSR count). The Kier molecular flexibility index (Phi) is 4.52. The lowest BCUT2D eigenvalue weighted by Gasteiger charge is -2.13. The number of hydrogen-bond donors (Lipinski definition) is 3. The van der Waals surface area contributed by atoms with Gasteiger partial charge in [0.15, 0.2) is 5.69 Å². The topological polar surface area (TPSA) is 92.7 Å². The fraction of sp³-hybridized carbons (Fsp3) is 0.0476. The first-order valence-electron chi connectivity index (χ1n) is 8.48. The largest absolute Gasteiger partial charge is 0.595 e. The quantitative estimate of drug-likeness (QED) is 0.626. The number of rotatable bonds is 3. The lowest BCUT2D eigenvalue weighted by molar-refractivity contribution is -0.991. The van der Waals surface area contributed by atoms with Crippen LogP contribution >= 0.6 is 0 Å². The molecule has 6 nitrogen and oxygen atoms in total. The fourth-order valence-electron chi connectivity index (χ4n) is 3.03. The zero-order valence-corrected chi connectivity index (χ0v) is 14.3. The van der Waals surface area contributed by atoms with Gasteiger partial charge < -0.3 is 10.3 Å². The second-order valence-corrected chi connectivity index (χ2v) is 6.18. The number of para-hydroxylation sites is 3. The third kappa shape index (κ3) is 3.50. The molecule has 0 spiro atoms. The molecule has 1 aliphatic heterocycles. The molecule has 0 fully saturated rings. The van der Waals surface area contributed by atoms with Gasteiger partial charge in [0, 0.05) is 24.1 Å². The molecule has 1 unspecified atom stereocenters. The molecule has 6 heteroatoms.